The van der Waals surface area contributed by atoms with Crippen molar-refractivity contribution in [3.63, 3.8) is 0 Å². The molecule has 1 fully saturated rings. The molecule has 0 radical (unpaired) electrons. The second kappa shape index (κ2) is 9.27. The minimum atomic E-state index is -0.252. The number of carbonyl (C=O) groups excluding carboxylic acids is 2. The van der Waals surface area contributed by atoms with E-state index in [0.29, 0.717) is 11.1 Å². The van der Waals surface area contributed by atoms with Crippen LogP contribution in [0.2, 0.25) is 0 Å². The lowest BCUT2D eigenvalue weighted by atomic mass is 9.85. The van der Waals surface area contributed by atoms with E-state index in [2.05, 4.69) is 25.2 Å². The number of Topliss-reactive ketones (excluding diaryl/α,β-unsaturated/α-hetero) is 1. The molecule has 1 saturated carbocycles. The van der Waals surface area contributed by atoms with E-state index in [-0.39, 0.29) is 29.7 Å². The molecule has 1 aliphatic heterocycles. The van der Waals surface area contributed by atoms with Crippen molar-refractivity contribution in [2.75, 3.05) is 7.11 Å². The fraction of sp³-hybridized carbons (Fsp3) is 0.444. The Hall–Kier alpha value is -2.95. The highest BCUT2D eigenvalue weighted by atomic mass is 16.5. The van der Waals surface area contributed by atoms with Gasteiger partial charge in [-0.25, -0.2) is 0 Å². The number of aliphatic imine (C=N–C) groups is 1. The Morgan fingerprint density at radius 2 is 1.72 bits per heavy atom. The molecule has 0 bridgehead atoms. The minimum Gasteiger partial charge on any atom is -0.497 e. The number of fused-ring (bicyclic) bond motifs is 1. The smallest absolute Gasteiger partial charge is 0.251 e. The summed E-state index contributed by atoms with van der Waals surface area (Å²) in [6.07, 6.45) is 6.75. The van der Waals surface area contributed by atoms with Gasteiger partial charge in [-0.1, -0.05) is 37.5 Å². The third-order valence-electron chi connectivity index (χ3n) is 6.43. The van der Waals surface area contributed by atoms with E-state index in [1.807, 2.05) is 12.1 Å². The number of methoxy groups -OCH3 is 1. The van der Waals surface area contributed by atoms with Gasteiger partial charge in [-0.05, 0) is 62.9 Å². The first-order chi connectivity index (χ1) is 15.3. The third-order valence-corrected chi connectivity index (χ3v) is 6.43. The van der Waals surface area contributed by atoms with Gasteiger partial charge < -0.3 is 10.1 Å². The number of ketones is 1. The average Bonchev–Trinajstić information content (AvgIpc) is 2.79. The number of ether oxygens (including phenoxy) is 1. The van der Waals surface area contributed by atoms with Gasteiger partial charge in [0.05, 0.1) is 24.8 Å². The molecule has 2 aromatic rings. The number of nitrogens with zero attached hydrogens (tertiary/aromatic N) is 1. The lowest BCUT2D eigenvalue weighted by molar-refractivity contribution is 0.0926. The average molecular weight is 433 g/mol. The second-order valence-corrected chi connectivity index (χ2v) is 9.56. The zero-order valence-electron chi connectivity index (χ0n) is 19.2. The SMILES string of the molecule is COc1ccc2c(c1)C(CC(=O)c1ccc(C(=O)NC3CCCCC3)cc1)=NC(C)(C)C2. The van der Waals surface area contributed by atoms with E-state index in [9.17, 15) is 9.59 Å². The zero-order chi connectivity index (χ0) is 22.7. The fourth-order valence-corrected chi connectivity index (χ4v) is 4.75. The minimum absolute atomic E-state index is 0.00513. The third kappa shape index (κ3) is 5.09. The summed E-state index contributed by atoms with van der Waals surface area (Å²) < 4.78 is 5.38. The zero-order valence-corrected chi connectivity index (χ0v) is 19.2. The maximum absolute atomic E-state index is 13.1. The van der Waals surface area contributed by atoms with Crippen LogP contribution in [0.4, 0.5) is 0 Å². The van der Waals surface area contributed by atoms with Gasteiger partial charge in [0.25, 0.3) is 5.91 Å². The fourth-order valence-electron chi connectivity index (χ4n) is 4.75. The molecule has 5 nitrogen and oxygen atoms in total. The molecular weight excluding hydrogens is 400 g/mol. The molecule has 0 atom stereocenters. The highest BCUT2D eigenvalue weighted by molar-refractivity contribution is 6.17. The Kier molecular flexibility index (Phi) is 6.45. The topological polar surface area (TPSA) is 67.8 Å². The maximum atomic E-state index is 13.1. The van der Waals surface area contributed by atoms with Gasteiger partial charge in [0.1, 0.15) is 5.75 Å². The van der Waals surface area contributed by atoms with Crippen molar-refractivity contribution >= 4 is 17.4 Å². The van der Waals surface area contributed by atoms with Gasteiger partial charge in [-0.15, -0.1) is 0 Å². The quantitative estimate of drug-likeness (QED) is 0.642. The van der Waals surface area contributed by atoms with Crippen molar-refractivity contribution in [1.82, 2.24) is 5.32 Å². The Balaban J connectivity index is 1.48. The molecule has 2 aromatic carbocycles. The summed E-state index contributed by atoms with van der Waals surface area (Å²) in [5.74, 6) is 0.696. The monoisotopic (exact) mass is 432 g/mol. The molecule has 2 aliphatic rings. The first-order valence-corrected chi connectivity index (χ1v) is 11.5. The summed E-state index contributed by atoms with van der Waals surface area (Å²) >= 11 is 0. The van der Waals surface area contributed by atoms with Gasteiger partial charge >= 0.3 is 0 Å². The van der Waals surface area contributed by atoms with Crippen molar-refractivity contribution in [1.29, 1.82) is 0 Å². The first kappa shape index (κ1) is 22.3. The van der Waals surface area contributed by atoms with E-state index in [0.717, 1.165) is 36.3 Å². The summed E-state index contributed by atoms with van der Waals surface area (Å²) in [6, 6.07) is 13.2. The number of hydrogen-bond donors (Lipinski definition) is 1. The molecule has 0 unspecified atom stereocenters. The number of amides is 1. The molecule has 1 aliphatic carbocycles. The van der Waals surface area contributed by atoms with Crippen LogP contribution in [0.25, 0.3) is 0 Å². The van der Waals surface area contributed by atoms with Crippen LogP contribution in [0, 0.1) is 0 Å². The van der Waals surface area contributed by atoms with Crippen molar-refractivity contribution in [2.24, 2.45) is 4.99 Å². The normalized spacial score (nSPS) is 17.8. The van der Waals surface area contributed by atoms with Crippen LogP contribution < -0.4 is 10.1 Å². The predicted molar refractivity (Wildman–Crippen MR) is 127 cm³/mol. The molecule has 4 rings (SSSR count). The Morgan fingerprint density at radius 1 is 1.03 bits per heavy atom. The molecule has 1 heterocycles. The number of rotatable bonds is 6. The van der Waals surface area contributed by atoms with Crippen LogP contribution in [0.15, 0.2) is 47.5 Å². The van der Waals surface area contributed by atoms with E-state index < -0.39 is 0 Å². The Bertz CT molecular complexity index is 1030. The number of benzene rings is 2. The highest BCUT2D eigenvalue weighted by Gasteiger charge is 2.28. The van der Waals surface area contributed by atoms with Crippen LogP contribution in [0.1, 0.15) is 84.2 Å². The number of nitrogens with one attached hydrogen (secondary N) is 1. The lowest BCUT2D eigenvalue weighted by Crippen LogP contribution is -2.36. The molecule has 5 heteroatoms. The van der Waals surface area contributed by atoms with E-state index in [4.69, 9.17) is 9.73 Å². The van der Waals surface area contributed by atoms with Crippen LogP contribution >= 0.6 is 0 Å². The van der Waals surface area contributed by atoms with Crippen LogP contribution in [0.5, 0.6) is 5.75 Å². The Labute approximate surface area is 190 Å². The van der Waals surface area contributed by atoms with Crippen molar-refractivity contribution in [3.05, 3.63) is 64.7 Å². The molecule has 32 heavy (non-hydrogen) atoms. The van der Waals surface area contributed by atoms with E-state index in [1.54, 1.807) is 31.4 Å². The summed E-state index contributed by atoms with van der Waals surface area (Å²) in [5, 5.41) is 3.13. The van der Waals surface area contributed by atoms with Crippen molar-refractivity contribution in [2.45, 2.75) is 70.4 Å². The summed E-state index contributed by atoms with van der Waals surface area (Å²) in [7, 11) is 1.64. The van der Waals surface area contributed by atoms with Crippen molar-refractivity contribution < 1.29 is 14.3 Å². The van der Waals surface area contributed by atoms with Gasteiger partial charge in [-0.2, -0.15) is 0 Å². The second-order valence-electron chi connectivity index (χ2n) is 9.56. The van der Waals surface area contributed by atoms with Crippen LogP contribution in [-0.2, 0) is 6.42 Å². The van der Waals surface area contributed by atoms with Gasteiger partial charge in [0.15, 0.2) is 5.78 Å². The van der Waals surface area contributed by atoms with Gasteiger partial charge in [0, 0.05) is 22.7 Å². The number of hydrogen-bond acceptors (Lipinski definition) is 4. The molecular formula is C27H32N2O3. The predicted octanol–water partition coefficient (Wildman–Crippen LogP) is 5.15. The molecule has 1 N–H and O–H groups in total. The molecule has 1 amide bonds. The maximum Gasteiger partial charge on any atom is 0.251 e. The van der Waals surface area contributed by atoms with E-state index >= 15 is 0 Å². The van der Waals surface area contributed by atoms with Gasteiger partial charge in [-0.3, -0.25) is 14.6 Å². The first-order valence-electron chi connectivity index (χ1n) is 11.5. The highest BCUT2D eigenvalue weighted by Crippen LogP contribution is 2.31. The molecule has 0 spiro atoms. The van der Waals surface area contributed by atoms with Crippen LogP contribution in [0.3, 0.4) is 0 Å². The summed E-state index contributed by atoms with van der Waals surface area (Å²) in [5.41, 5.74) is 3.90. The van der Waals surface area contributed by atoms with Crippen LogP contribution in [-0.4, -0.2) is 36.1 Å². The summed E-state index contributed by atoms with van der Waals surface area (Å²) in [4.78, 5) is 30.5. The largest absolute Gasteiger partial charge is 0.497 e. The van der Waals surface area contributed by atoms with Crippen molar-refractivity contribution in [3.8, 4) is 5.75 Å². The van der Waals surface area contributed by atoms with Gasteiger partial charge in [0.2, 0.25) is 0 Å². The lowest BCUT2D eigenvalue weighted by Gasteiger charge is -2.29. The standard InChI is InChI=1S/C27H32N2O3/c1-27(2)17-20-13-14-22(32-3)15-23(20)24(29-27)16-25(30)18-9-11-19(12-10-18)26(31)28-21-7-5-4-6-8-21/h9-15,21H,4-8,16-17H2,1-3H3,(H,28,31). The van der Waals surface area contributed by atoms with E-state index in [1.165, 1.54) is 24.8 Å². The Morgan fingerprint density at radius 3 is 2.41 bits per heavy atom. The number of carbonyl (C=O) groups is 2. The molecule has 0 aromatic heterocycles. The summed E-state index contributed by atoms with van der Waals surface area (Å²) in [6.45, 7) is 4.18. The molecule has 0 saturated heterocycles. The molecule has 168 valence electrons.